The van der Waals surface area contributed by atoms with Crippen molar-refractivity contribution in [2.45, 2.75) is 88.0 Å². The highest BCUT2D eigenvalue weighted by Crippen LogP contribution is 2.41. The van der Waals surface area contributed by atoms with Gasteiger partial charge in [-0.3, -0.25) is 14.4 Å². The molecule has 40 heavy (non-hydrogen) atoms. The van der Waals surface area contributed by atoms with Crippen LogP contribution in [0.25, 0.3) is 41.8 Å². The minimum atomic E-state index is -4.18. The van der Waals surface area contributed by atoms with Gasteiger partial charge in [-0.2, -0.15) is 0 Å². The van der Waals surface area contributed by atoms with E-state index in [1.807, 2.05) is 0 Å². The van der Waals surface area contributed by atoms with Gasteiger partial charge in [0, 0.05) is 40.4 Å². The van der Waals surface area contributed by atoms with Crippen LogP contribution in [0.15, 0.2) is 20.5 Å². The van der Waals surface area contributed by atoms with Crippen molar-refractivity contribution < 1.29 is 46.8 Å². The van der Waals surface area contributed by atoms with Crippen molar-refractivity contribution in [3.8, 4) is 0 Å². The molecular formula is C18H22F2N12O8. The Kier molecular flexibility index (Phi) is 11.1. The molecule has 0 spiro atoms. The summed E-state index contributed by atoms with van der Waals surface area (Å²) >= 11 is 0. The first-order chi connectivity index (χ1) is 18.9. The highest BCUT2D eigenvalue weighted by molar-refractivity contribution is 5.67. The van der Waals surface area contributed by atoms with E-state index in [2.05, 4.69) is 40.1 Å². The van der Waals surface area contributed by atoms with Crippen LogP contribution in [0.5, 0.6) is 0 Å². The van der Waals surface area contributed by atoms with E-state index in [9.17, 15) is 14.4 Å². The molecule has 0 aromatic carbocycles. The summed E-state index contributed by atoms with van der Waals surface area (Å²) in [6, 6.07) is -5.19. The second kappa shape index (κ2) is 14.0. The minimum absolute atomic E-state index is 0.373. The number of esters is 3. The van der Waals surface area contributed by atoms with E-state index in [0.717, 1.165) is 20.8 Å². The molecule has 1 saturated heterocycles. The predicted octanol–water partition coefficient (Wildman–Crippen LogP) is 3.28. The van der Waals surface area contributed by atoms with Gasteiger partial charge in [-0.1, -0.05) is 20.5 Å². The van der Waals surface area contributed by atoms with Crippen LogP contribution in [0.4, 0.5) is 8.78 Å². The molecule has 1 aliphatic heterocycles. The first-order valence-electron chi connectivity index (χ1n) is 11.2. The molecule has 216 valence electrons. The fourth-order valence-corrected chi connectivity index (χ4v) is 4.28. The lowest BCUT2D eigenvalue weighted by Gasteiger charge is -2.48. The number of alkyl halides is 2. The maximum absolute atomic E-state index is 15.6. The first-order valence-corrected chi connectivity index (χ1v) is 11.2. The molecule has 20 nitrogen and oxygen atoms in total. The molecule has 0 bridgehead atoms. The zero-order valence-electron chi connectivity index (χ0n) is 21.0. The Labute approximate surface area is 222 Å². The van der Waals surface area contributed by atoms with E-state index < -0.39 is 85.3 Å². The zero-order chi connectivity index (χ0) is 30.0. The molecule has 1 saturated carbocycles. The molecule has 0 amide bonds. The first kappa shape index (κ1) is 31.6. The van der Waals surface area contributed by atoms with Gasteiger partial charge in [-0.25, -0.2) is 8.78 Å². The maximum Gasteiger partial charge on any atom is 0.303 e. The number of azide groups is 4. The molecule has 9 atom stereocenters. The number of rotatable bonds is 10. The summed E-state index contributed by atoms with van der Waals surface area (Å²) in [7, 11) is 0. The summed E-state index contributed by atoms with van der Waals surface area (Å²) < 4.78 is 57.5. The van der Waals surface area contributed by atoms with Crippen LogP contribution >= 0.6 is 0 Å². The summed E-state index contributed by atoms with van der Waals surface area (Å²) in [4.78, 5) is 45.5. The van der Waals surface area contributed by atoms with Crippen LogP contribution in [-0.4, -0.2) is 85.3 Å². The maximum atomic E-state index is 15.6. The summed E-state index contributed by atoms with van der Waals surface area (Å²) in [6.45, 7) is 1.98. The third-order valence-electron chi connectivity index (χ3n) is 5.66. The molecule has 22 heteroatoms. The Morgan fingerprint density at radius 3 is 1.85 bits per heavy atom. The molecule has 2 rings (SSSR count). The van der Waals surface area contributed by atoms with E-state index in [4.69, 9.17) is 45.8 Å². The highest BCUT2D eigenvalue weighted by Gasteiger charge is 2.62. The molecule has 2 aliphatic rings. The molecule has 0 aromatic heterocycles. The fraction of sp³-hybridized carbons (Fsp3) is 0.833. The normalized spacial score (nSPS) is 32.4. The van der Waals surface area contributed by atoms with Crippen LogP contribution in [0.1, 0.15) is 27.2 Å². The van der Waals surface area contributed by atoms with Crippen molar-refractivity contribution in [2.24, 2.45) is 20.5 Å². The van der Waals surface area contributed by atoms with Crippen molar-refractivity contribution in [1.82, 2.24) is 0 Å². The van der Waals surface area contributed by atoms with Gasteiger partial charge in [0.15, 0.2) is 24.5 Å². The number of ether oxygens (including phenoxy) is 5. The number of nitrogens with zero attached hydrogens (tertiary/aromatic N) is 12. The molecule has 0 radical (unpaired) electrons. The second-order valence-electron chi connectivity index (χ2n) is 8.34. The standard InChI is InChI=1S/C18H22F2N12O8/c1-6(33)36-12-9(26-30-22)4-10(27-31-23)13(14(12)37-7(2)34)40-17-15(28-32-24)18(19,20)16(38-8(3)35)11(39-17)5-25-29-21/h9-17H,4-5H2,1-3H3/t9-,10+,11-,12+,13-,14-,15+,16-,17-/m1/s1. The summed E-state index contributed by atoms with van der Waals surface area (Å²) in [5, 5.41) is 13.2. The second-order valence-corrected chi connectivity index (χ2v) is 8.34. The van der Waals surface area contributed by atoms with E-state index >= 15 is 8.78 Å². The molecule has 0 aromatic rings. The van der Waals surface area contributed by atoms with Crippen molar-refractivity contribution in [3.05, 3.63) is 41.8 Å². The molecular weight excluding hydrogens is 550 g/mol. The molecule has 0 unspecified atom stereocenters. The van der Waals surface area contributed by atoms with Gasteiger partial charge in [-0.15, -0.1) is 0 Å². The van der Waals surface area contributed by atoms with Crippen molar-refractivity contribution in [2.75, 3.05) is 6.54 Å². The lowest BCUT2D eigenvalue weighted by atomic mass is 9.83. The Morgan fingerprint density at radius 2 is 1.35 bits per heavy atom. The van der Waals surface area contributed by atoms with Crippen LogP contribution < -0.4 is 0 Å². The van der Waals surface area contributed by atoms with Gasteiger partial charge < -0.3 is 23.7 Å². The largest absolute Gasteiger partial charge is 0.458 e. The minimum Gasteiger partial charge on any atom is -0.458 e. The lowest BCUT2D eigenvalue weighted by Crippen LogP contribution is -2.66. The van der Waals surface area contributed by atoms with E-state index in [1.54, 1.807) is 0 Å². The zero-order valence-corrected chi connectivity index (χ0v) is 21.0. The van der Waals surface area contributed by atoms with Gasteiger partial charge in [0.1, 0.15) is 18.3 Å². The van der Waals surface area contributed by atoms with Crippen LogP contribution in [0, 0.1) is 0 Å². The van der Waals surface area contributed by atoms with Gasteiger partial charge >= 0.3 is 17.9 Å². The SMILES string of the molecule is CC(=O)O[C@@H]1[C@@H](OC(C)=O)[C@H](N=[N+]=[N-])C[C@H](N=[N+]=[N-])[C@H]1O[C@H]1O[C@H](CN=[N+]=[N-])[C@@H](OC(C)=O)C(F)(F)[C@H]1N=[N+]=[N-]. The summed E-state index contributed by atoms with van der Waals surface area (Å²) in [6.07, 6.45) is -11.8. The van der Waals surface area contributed by atoms with Crippen molar-refractivity contribution >= 4 is 17.9 Å². The van der Waals surface area contributed by atoms with Crippen LogP contribution in [-0.2, 0) is 38.1 Å². The van der Waals surface area contributed by atoms with Gasteiger partial charge in [0.25, 0.3) is 5.92 Å². The summed E-state index contributed by atoms with van der Waals surface area (Å²) in [5.41, 5.74) is 35.8. The average molecular weight is 572 g/mol. The van der Waals surface area contributed by atoms with E-state index in [1.165, 1.54) is 0 Å². The molecule has 1 heterocycles. The number of hydrogen-bond acceptors (Lipinski definition) is 12. The van der Waals surface area contributed by atoms with Crippen molar-refractivity contribution in [1.29, 1.82) is 0 Å². The highest BCUT2D eigenvalue weighted by atomic mass is 19.3. The lowest BCUT2D eigenvalue weighted by molar-refractivity contribution is -0.323. The van der Waals surface area contributed by atoms with Crippen LogP contribution in [0.3, 0.4) is 0 Å². The quantitative estimate of drug-likeness (QED) is 0.123. The Morgan fingerprint density at radius 1 is 0.825 bits per heavy atom. The molecule has 2 fully saturated rings. The number of hydrogen-bond donors (Lipinski definition) is 0. The monoisotopic (exact) mass is 572 g/mol. The predicted molar refractivity (Wildman–Crippen MR) is 123 cm³/mol. The number of carbonyl (C=O) groups excluding carboxylic acids is 3. The number of carbonyl (C=O) groups is 3. The fourth-order valence-electron chi connectivity index (χ4n) is 4.28. The topological polar surface area (TPSA) is 292 Å². The average Bonchev–Trinajstić information content (AvgIpc) is 2.85. The third kappa shape index (κ3) is 7.51. The third-order valence-corrected chi connectivity index (χ3v) is 5.66. The van der Waals surface area contributed by atoms with Gasteiger partial charge in [0.2, 0.25) is 0 Å². The van der Waals surface area contributed by atoms with Gasteiger partial charge in [0.05, 0.1) is 18.6 Å². The number of halogens is 2. The van der Waals surface area contributed by atoms with Gasteiger partial charge in [-0.05, 0) is 28.5 Å². The Balaban J connectivity index is 2.65. The Bertz CT molecular complexity index is 1180. The molecule has 1 aliphatic carbocycles. The summed E-state index contributed by atoms with van der Waals surface area (Å²) in [5.74, 6) is -7.22. The smallest absolute Gasteiger partial charge is 0.303 e. The van der Waals surface area contributed by atoms with Crippen LogP contribution in [0.2, 0.25) is 0 Å². The van der Waals surface area contributed by atoms with E-state index in [-0.39, 0.29) is 6.42 Å². The van der Waals surface area contributed by atoms with E-state index in [0.29, 0.717) is 0 Å². The molecule has 0 N–H and O–H groups in total. The van der Waals surface area contributed by atoms with Crippen molar-refractivity contribution in [3.63, 3.8) is 0 Å². The Hall–Kier alpha value is -4.57.